The molecule has 0 radical (unpaired) electrons. The molecule has 11 heteroatoms. The highest BCUT2D eigenvalue weighted by molar-refractivity contribution is 8.00. The van der Waals surface area contributed by atoms with Gasteiger partial charge in [0.15, 0.2) is 0 Å². The van der Waals surface area contributed by atoms with E-state index >= 15 is 0 Å². The van der Waals surface area contributed by atoms with Gasteiger partial charge in [-0.1, -0.05) is 35.2 Å². The average molecular weight is 452 g/mol. The Kier molecular flexibility index (Phi) is 4.23. The van der Waals surface area contributed by atoms with Crippen LogP contribution in [0, 0.1) is 5.92 Å². The minimum absolute atomic E-state index is 0.344. The summed E-state index contributed by atoms with van der Waals surface area (Å²) in [6.45, 7) is 0. The normalized spacial score (nSPS) is 23.6. The number of fused-ring (bicyclic) bond motifs is 2. The maximum absolute atomic E-state index is 13.5. The number of rotatable bonds is 2. The van der Waals surface area contributed by atoms with Crippen LogP contribution in [-0.2, 0) is 15.8 Å². The van der Waals surface area contributed by atoms with E-state index in [-0.39, 0.29) is 4.87 Å². The van der Waals surface area contributed by atoms with Crippen molar-refractivity contribution in [2.45, 2.75) is 22.4 Å². The number of carbonyl (C=O) groups is 2. The van der Waals surface area contributed by atoms with E-state index in [2.05, 4.69) is 4.98 Å². The summed E-state index contributed by atoms with van der Waals surface area (Å²) in [5.41, 5.74) is -1.56. The molecule has 0 aliphatic carbocycles. The molecule has 1 fully saturated rings. The minimum atomic E-state index is -4.73. The number of alkyl halides is 3. The highest BCUT2D eigenvalue weighted by Gasteiger charge is 2.58. The van der Waals surface area contributed by atoms with Crippen LogP contribution in [0.1, 0.15) is 22.1 Å². The van der Waals surface area contributed by atoms with Gasteiger partial charge in [0.1, 0.15) is 11.0 Å². The van der Waals surface area contributed by atoms with Gasteiger partial charge in [0, 0.05) is 0 Å². The van der Waals surface area contributed by atoms with Crippen LogP contribution >= 0.6 is 23.1 Å². The smallest absolute Gasteiger partial charge is 0.418 e. The molecule has 1 N–H and O–H groups in total. The molecule has 2 unspecified atom stereocenters. The molecule has 2 aromatic heterocycles. The SMILES string of the molecule is O=C1C2Sc3[nH]c(=O)sc3[C@H](c3ccco3)C2C(=O)N1c1ccccc1C(F)(F)F. The van der Waals surface area contributed by atoms with Crippen molar-refractivity contribution in [1.82, 2.24) is 4.98 Å². The van der Waals surface area contributed by atoms with Gasteiger partial charge in [0.2, 0.25) is 11.8 Å². The first-order valence-corrected chi connectivity index (χ1v) is 10.4. The van der Waals surface area contributed by atoms with E-state index in [0.29, 0.717) is 20.6 Å². The fourth-order valence-corrected chi connectivity index (χ4v) is 6.43. The van der Waals surface area contributed by atoms with Crippen LogP contribution in [0.25, 0.3) is 0 Å². The monoisotopic (exact) mass is 452 g/mol. The third kappa shape index (κ3) is 2.76. The molecule has 6 nitrogen and oxygen atoms in total. The number of aromatic amines is 1. The molecule has 0 spiro atoms. The van der Waals surface area contributed by atoms with Crippen LogP contribution in [0.2, 0.25) is 0 Å². The Balaban J connectivity index is 1.66. The van der Waals surface area contributed by atoms with E-state index < -0.39 is 46.3 Å². The molecule has 0 saturated carbocycles. The standard InChI is InChI=1S/C19H11F3N2O4S2/c20-19(21,22)8-4-1-2-5-9(8)24-16(25)12-11(10-6-3-7-28-10)13-15(23-18(27)30-13)29-14(12)17(24)26/h1-7,11-12,14H,(H,23,27)/t11-,12?,14?/m1/s1. The largest absolute Gasteiger partial charge is 0.469 e. The van der Waals surface area contributed by atoms with Crippen LogP contribution in [-0.4, -0.2) is 22.0 Å². The number of anilines is 1. The van der Waals surface area contributed by atoms with Crippen molar-refractivity contribution in [1.29, 1.82) is 0 Å². The van der Waals surface area contributed by atoms with E-state index in [0.717, 1.165) is 35.2 Å². The summed E-state index contributed by atoms with van der Waals surface area (Å²) in [6.07, 6.45) is -3.33. The van der Waals surface area contributed by atoms with Crippen LogP contribution in [0.5, 0.6) is 0 Å². The molecule has 4 heterocycles. The zero-order valence-electron chi connectivity index (χ0n) is 14.8. The molecule has 30 heavy (non-hydrogen) atoms. The average Bonchev–Trinajstić information content (AvgIpc) is 3.39. The highest BCUT2D eigenvalue weighted by atomic mass is 32.2. The Morgan fingerprint density at radius 2 is 1.80 bits per heavy atom. The number of para-hydroxylation sites is 1. The molecule has 1 aromatic carbocycles. The Morgan fingerprint density at radius 3 is 2.50 bits per heavy atom. The molecule has 0 bridgehead atoms. The lowest BCUT2D eigenvalue weighted by atomic mass is 9.87. The number of hydrogen-bond donors (Lipinski definition) is 1. The predicted octanol–water partition coefficient (Wildman–Crippen LogP) is 3.84. The lowest BCUT2D eigenvalue weighted by molar-refractivity contribution is -0.137. The Labute approximate surface area is 174 Å². The number of carbonyl (C=O) groups excluding carboxylic acids is 2. The topological polar surface area (TPSA) is 83.4 Å². The van der Waals surface area contributed by atoms with Crippen molar-refractivity contribution in [3.05, 3.63) is 68.5 Å². The first kappa shape index (κ1) is 19.2. The number of halogens is 3. The number of aromatic nitrogens is 1. The molecule has 2 aliphatic heterocycles. The molecule has 154 valence electrons. The lowest BCUT2D eigenvalue weighted by Crippen LogP contribution is -2.33. The third-order valence-corrected chi connectivity index (χ3v) is 7.53. The van der Waals surface area contributed by atoms with Crippen molar-refractivity contribution in [3.63, 3.8) is 0 Å². The summed E-state index contributed by atoms with van der Waals surface area (Å²) in [6, 6.07) is 7.73. The van der Waals surface area contributed by atoms with E-state index in [9.17, 15) is 27.6 Å². The van der Waals surface area contributed by atoms with Crippen molar-refractivity contribution in [2.75, 3.05) is 4.90 Å². The van der Waals surface area contributed by atoms with Gasteiger partial charge in [0.05, 0.1) is 39.3 Å². The van der Waals surface area contributed by atoms with Gasteiger partial charge in [-0.2, -0.15) is 13.2 Å². The van der Waals surface area contributed by atoms with E-state index in [1.54, 1.807) is 12.1 Å². The fourth-order valence-electron chi connectivity index (χ4n) is 3.94. The maximum Gasteiger partial charge on any atom is 0.418 e. The highest BCUT2D eigenvalue weighted by Crippen LogP contribution is 2.53. The number of thiazole rings is 1. The summed E-state index contributed by atoms with van der Waals surface area (Å²) >= 11 is 1.89. The van der Waals surface area contributed by atoms with Crippen molar-refractivity contribution in [2.24, 2.45) is 5.92 Å². The van der Waals surface area contributed by atoms with Gasteiger partial charge in [-0.3, -0.25) is 14.4 Å². The molecule has 3 atom stereocenters. The summed E-state index contributed by atoms with van der Waals surface area (Å²) in [5, 5.41) is -0.550. The van der Waals surface area contributed by atoms with Gasteiger partial charge in [0.25, 0.3) is 0 Å². The second kappa shape index (κ2) is 6.61. The number of hydrogen-bond acceptors (Lipinski definition) is 6. The third-order valence-electron chi connectivity index (χ3n) is 5.12. The Hall–Kier alpha value is -2.79. The van der Waals surface area contributed by atoms with Gasteiger partial charge in [-0.15, -0.1) is 0 Å². The van der Waals surface area contributed by atoms with Gasteiger partial charge < -0.3 is 9.40 Å². The van der Waals surface area contributed by atoms with E-state index in [1.165, 1.54) is 18.4 Å². The van der Waals surface area contributed by atoms with Crippen LogP contribution in [0.3, 0.4) is 0 Å². The number of H-pyrrole nitrogens is 1. The van der Waals surface area contributed by atoms with E-state index in [1.807, 2.05) is 0 Å². The minimum Gasteiger partial charge on any atom is -0.469 e. The van der Waals surface area contributed by atoms with Gasteiger partial charge in [-0.05, 0) is 24.3 Å². The predicted molar refractivity (Wildman–Crippen MR) is 103 cm³/mol. The second-order valence-corrected chi connectivity index (χ2v) is 8.96. The summed E-state index contributed by atoms with van der Waals surface area (Å²) in [5.74, 6) is -2.87. The van der Waals surface area contributed by atoms with Crippen LogP contribution < -0.4 is 9.77 Å². The van der Waals surface area contributed by atoms with Gasteiger partial charge >= 0.3 is 11.0 Å². The lowest BCUT2D eigenvalue weighted by Gasteiger charge is -2.27. The summed E-state index contributed by atoms with van der Waals surface area (Å²) in [4.78, 5) is 41.9. The fraction of sp³-hybridized carbons (Fsp3) is 0.211. The van der Waals surface area contributed by atoms with Crippen LogP contribution in [0.15, 0.2) is 56.9 Å². The van der Waals surface area contributed by atoms with Gasteiger partial charge in [-0.25, -0.2) is 4.90 Å². The zero-order valence-corrected chi connectivity index (χ0v) is 16.4. The molecule has 2 aliphatic rings. The first-order valence-electron chi connectivity index (χ1n) is 8.74. The first-order chi connectivity index (χ1) is 14.3. The molecule has 5 rings (SSSR count). The van der Waals surface area contributed by atoms with Crippen molar-refractivity contribution < 1.29 is 27.2 Å². The summed E-state index contributed by atoms with van der Waals surface area (Å²) < 4.78 is 46.1. The number of imide groups is 1. The number of thioether (sulfide) groups is 1. The van der Waals surface area contributed by atoms with Crippen molar-refractivity contribution >= 4 is 40.6 Å². The van der Waals surface area contributed by atoms with E-state index in [4.69, 9.17) is 4.42 Å². The maximum atomic E-state index is 13.5. The molecule has 1 saturated heterocycles. The second-order valence-electron chi connectivity index (χ2n) is 6.79. The van der Waals surface area contributed by atoms with Crippen LogP contribution in [0.4, 0.5) is 18.9 Å². The number of nitrogens with zero attached hydrogens (tertiary/aromatic N) is 1. The molecule has 2 amide bonds. The summed E-state index contributed by atoms with van der Waals surface area (Å²) in [7, 11) is 0. The zero-order chi connectivity index (χ0) is 21.2. The number of furan rings is 1. The quantitative estimate of drug-likeness (QED) is 0.598. The molecular formula is C19H11F3N2O4S2. The van der Waals surface area contributed by atoms with Crippen molar-refractivity contribution in [3.8, 4) is 0 Å². The number of nitrogens with one attached hydrogen (secondary N) is 1. The number of benzene rings is 1. The number of amides is 2. The Bertz CT molecular complexity index is 1220. The molecule has 3 aromatic rings. The molecular weight excluding hydrogens is 441 g/mol. The Morgan fingerprint density at radius 1 is 1.03 bits per heavy atom.